The van der Waals surface area contributed by atoms with E-state index in [4.69, 9.17) is 0 Å². The van der Waals surface area contributed by atoms with Gasteiger partial charge in [-0.2, -0.15) is 0 Å². The van der Waals surface area contributed by atoms with Crippen LogP contribution in [0.4, 0.5) is 0 Å². The Hall–Kier alpha value is 1.18. The van der Waals surface area contributed by atoms with Crippen molar-refractivity contribution in [2.45, 2.75) is 169 Å². The van der Waals surface area contributed by atoms with E-state index >= 15 is 0 Å². The highest BCUT2D eigenvalue weighted by Gasteiger charge is 2.42. The molecule has 0 spiro atoms. The molecule has 0 unspecified atom stereocenters. The van der Waals surface area contributed by atoms with Crippen LogP contribution in [0.2, 0.25) is 0 Å². The van der Waals surface area contributed by atoms with Gasteiger partial charge in [-0.15, -0.1) is 0 Å². The molecule has 2 saturated carbocycles. The lowest BCUT2D eigenvalue weighted by molar-refractivity contribution is -0.918. The number of likely N-dealkylation sites (tertiary alicyclic amines) is 4. The van der Waals surface area contributed by atoms with Crippen molar-refractivity contribution in [1.82, 2.24) is 0 Å². The van der Waals surface area contributed by atoms with Crippen molar-refractivity contribution in [2.75, 3.05) is 105 Å². The highest BCUT2D eigenvalue weighted by molar-refractivity contribution is 4.85. The summed E-state index contributed by atoms with van der Waals surface area (Å²) < 4.78 is 5.82. The molecule has 0 aromatic carbocycles. The van der Waals surface area contributed by atoms with Gasteiger partial charge >= 0.3 is 0 Å². The van der Waals surface area contributed by atoms with Crippen molar-refractivity contribution in [1.29, 1.82) is 0 Å². The molecular formula is C44H91I2N4O3-. The zero-order chi connectivity index (χ0) is 33.9. The predicted molar refractivity (Wildman–Crippen MR) is 214 cm³/mol. The van der Waals surface area contributed by atoms with Gasteiger partial charge in [-0.1, -0.05) is 38.5 Å². The predicted octanol–water partition coefficient (Wildman–Crippen LogP) is 3.43. The van der Waals surface area contributed by atoms with Crippen LogP contribution >= 0.6 is 0 Å². The Morgan fingerprint density at radius 2 is 0.491 bits per heavy atom. The highest BCUT2D eigenvalue weighted by atomic mass is 127. The quantitative estimate of drug-likeness (QED) is 0.176. The van der Waals surface area contributed by atoms with Gasteiger partial charge < -0.3 is 82.3 Å². The van der Waals surface area contributed by atoms with Crippen molar-refractivity contribution in [3.8, 4) is 0 Å². The summed E-state index contributed by atoms with van der Waals surface area (Å²) >= 11 is 0. The van der Waals surface area contributed by atoms with Gasteiger partial charge in [0.1, 0.15) is 0 Å². The summed E-state index contributed by atoms with van der Waals surface area (Å²) in [4.78, 5) is 0. The zero-order valence-electron chi connectivity index (χ0n) is 35.8. The minimum atomic E-state index is 0. The fourth-order valence-electron chi connectivity index (χ4n) is 12.6. The van der Waals surface area contributed by atoms with Crippen molar-refractivity contribution in [2.24, 2.45) is 10.8 Å². The van der Waals surface area contributed by atoms with Gasteiger partial charge in [0, 0.05) is 77.0 Å². The minimum absolute atomic E-state index is 0. The number of hydrogen-bond donors (Lipinski definition) is 0. The van der Waals surface area contributed by atoms with E-state index in [9.17, 15) is 0 Å². The maximum atomic E-state index is 2.44. The number of hydrogen-bond acceptors (Lipinski definition) is 3. The normalized spacial score (nSPS) is 25.6. The fourth-order valence-corrected chi connectivity index (χ4v) is 12.6. The molecule has 53 heavy (non-hydrogen) atoms. The van der Waals surface area contributed by atoms with Crippen molar-refractivity contribution in [3.05, 3.63) is 0 Å². The van der Waals surface area contributed by atoms with E-state index < -0.39 is 0 Å². The SMILES string of the molecule is CC[N+]1(CCC2(CC[N+]3(CC)CCCC3)CCCCC2)CCCC1.CC[N+]1(CCC2(CC[N+]3(CC)CCCC3)CCCCC2)CCCC1.[I-].[I-].[OH-].[OH-].[OH-]. The first-order valence-corrected chi connectivity index (χ1v) is 22.7. The molecule has 0 aromatic rings. The molecule has 2 aliphatic carbocycles. The fraction of sp³-hybridized carbons (Fsp3) is 1.00. The molecule has 6 rings (SSSR count). The maximum absolute atomic E-state index is 2.44. The Balaban J connectivity index is 0.000000932. The Kier molecular flexibility index (Phi) is 26.2. The lowest BCUT2D eigenvalue weighted by atomic mass is 9.69. The van der Waals surface area contributed by atoms with E-state index in [1.165, 1.54) is 238 Å². The number of nitrogens with zero attached hydrogens (tertiary/aromatic N) is 4. The van der Waals surface area contributed by atoms with E-state index in [1.807, 2.05) is 0 Å². The number of halogens is 2. The van der Waals surface area contributed by atoms with Crippen molar-refractivity contribution in [3.63, 3.8) is 0 Å². The first-order chi connectivity index (χ1) is 23.3. The molecule has 0 aromatic heterocycles. The monoisotopic (exact) mass is 978 g/mol. The average molecular weight is 978 g/mol. The topological polar surface area (TPSA) is 90.0 Å². The molecule has 0 amide bonds. The Labute approximate surface area is 364 Å². The van der Waals surface area contributed by atoms with E-state index in [-0.39, 0.29) is 64.4 Å². The summed E-state index contributed by atoms with van der Waals surface area (Å²) in [6.07, 6.45) is 33.2. The van der Waals surface area contributed by atoms with Gasteiger partial charge in [0.15, 0.2) is 0 Å². The van der Waals surface area contributed by atoms with Gasteiger partial charge in [-0.05, 0) is 64.2 Å². The van der Waals surface area contributed by atoms with E-state index in [0.29, 0.717) is 10.8 Å². The van der Waals surface area contributed by atoms with Crippen LogP contribution in [0.1, 0.15) is 169 Å². The third kappa shape index (κ3) is 14.8. The van der Waals surface area contributed by atoms with Gasteiger partial charge in [-0.3, -0.25) is 0 Å². The van der Waals surface area contributed by atoms with Crippen LogP contribution < -0.4 is 48.0 Å². The summed E-state index contributed by atoms with van der Waals surface area (Å²) in [5, 5.41) is 0. The maximum Gasteiger partial charge on any atom is 0.0791 e. The molecule has 4 saturated heterocycles. The standard InChI is InChI=1S/2C22H44N2.2HI.3H2O/c2*1-3-23(16-8-9-17-23)20-14-22(12-6-5-7-13-22)15-21-24(4-2)18-10-11-19-24;;;;;/h2*3-21H2,1-2H3;2*1H;3*1H2/q2*+2;;;;;/p-5. The van der Waals surface area contributed by atoms with Crippen LogP contribution in [-0.2, 0) is 0 Å². The molecule has 4 aliphatic heterocycles. The number of quaternary nitrogens is 4. The van der Waals surface area contributed by atoms with Crippen molar-refractivity contribution >= 4 is 0 Å². The summed E-state index contributed by atoms with van der Waals surface area (Å²) in [6.45, 7) is 33.0. The molecular weight excluding hydrogens is 886 g/mol. The van der Waals surface area contributed by atoms with Crippen molar-refractivity contribution < 1.29 is 82.3 Å². The molecule has 0 atom stereocenters. The van der Waals surface area contributed by atoms with Gasteiger partial charge in [0.25, 0.3) is 0 Å². The molecule has 4 heterocycles. The minimum Gasteiger partial charge on any atom is -1.00 e. The molecule has 0 radical (unpaired) electrons. The van der Waals surface area contributed by atoms with E-state index in [1.54, 1.807) is 25.7 Å². The molecule has 7 nitrogen and oxygen atoms in total. The molecule has 6 fully saturated rings. The highest BCUT2D eigenvalue weighted by Crippen LogP contribution is 2.45. The molecule has 320 valence electrons. The first-order valence-electron chi connectivity index (χ1n) is 22.7. The van der Waals surface area contributed by atoms with Crippen LogP contribution in [0.15, 0.2) is 0 Å². The van der Waals surface area contributed by atoms with Crippen LogP contribution in [0.25, 0.3) is 0 Å². The summed E-state index contributed by atoms with van der Waals surface area (Å²) in [5.41, 5.74) is 1.43. The van der Waals surface area contributed by atoms with E-state index in [0.717, 1.165) is 0 Å². The lowest BCUT2D eigenvalue weighted by Gasteiger charge is -2.44. The summed E-state index contributed by atoms with van der Waals surface area (Å²) in [6, 6.07) is 0. The Morgan fingerprint density at radius 3 is 0.660 bits per heavy atom. The van der Waals surface area contributed by atoms with Gasteiger partial charge in [0.2, 0.25) is 0 Å². The second kappa shape index (κ2) is 25.6. The average Bonchev–Trinajstić information content (AvgIpc) is 3.98. The largest absolute Gasteiger partial charge is 1.00 e. The number of rotatable bonds is 16. The molecule has 3 N–H and O–H groups in total. The summed E-state index contributed by atoms with van der Waals surface area (Å²) in [5.74, 6) is 0. The molecule has 6 aliphatic rings. The zero-order valence-corrected chi connectivity index (χ0v) is 40.1. The smallest absolute Gasteiger partial charge is 0.0791 e. The second-order valence-electron chi connectivity index (χ2n) is 19.3. The first kappa shape index (κ1) is 54.2. The summed E-state index contributed by atoms with van der Waals surface area (Å²) in [7, 11) is 0. The molecule has 9 heteroatoms. The third-order valence-electron chi connectivity index (χ3n) is 17.0. The van der Waals surface area contributed by atoms with Crippen LogP contribution in [0.3, 0.4) is 0 Å². The van der Waals surface area contributed by atoms with E-state index in [2.05, 4.69) is 27.7 Å². The van der Waals surface area contributed by atoms with Crippen LogP contribution in [0.5, 0.6) is 0 Å². The van der Waals surface area contributed by atoms with Crippen LogP contribution in [-0.4, -0.2) is 139 Å². The van der Waals surface area contributed by atoms with Gasteiger partial charge in [-0.25, -0.2) is 0 Å². The Bertz CT molecular complexity index is 786. The third-order valence-corrected chi connectivity index (χ3v) is 17.0. The molecule has 0 bridgehead atoms. The van der Waals surface area contributed by atoms with Crippen LogP contribution in [0, 0.1) is 10.8 Å². The Morgan fingerprint density at radius 1 is 0.302 bits per heavy atom. The lowest BCUT2D eigenvalue weighted by Crippen LogP contribution is -3.00. The second-order valence-corrected chi connectivity index (χ2v) is 19.3. The van der Waals surface area contributed by atoms with Gasteiger partial charge in [0.05, 0.1) is 105 Å².